The number of likely N-dealkylation sites (tertiary alicyclic amines) is 1. The Morgan fingerprint density at radius 3 is 2.13 bits per heavy atom. The normalized spacial score (nSPS) is 21.0. The number of nitrogens with zero attached hydrogens (tertiary/aromatic N) is 1. The van der Waals surface area contributed by atoms with Gasteiger partial charge in [-0.1, -0.05) is 31.0 Å². The van der Waals surface area contributed by atoms with Crippen LogP contribution in [0, 0.1) is 5.82 Å². The predicted molar refractivity (Wildman–Crippen MR) is 112 cm³/mol. The van der Waals surface area contributed by atoms with E-state index in [0.29, 0.717) is 17.1 Å². The van der Waals surface area contributed by atoms with Gasteiger partial charge in [0.05, 0.1) is 25.8 Å². The minimum absolute atomic E-state index is 0.0497. The number of aliphatic hydroxyl groups excluding tert-OH is 1. The molecular formula is C24H24FNO5. The number of methoxy groups -OCH3 is 2. The van der Waals surface area contributed by atoms with Gasteiger partial charge >= 0.3 is 0 Å². The summed E-state index contributed by atoms with van der Waals surface area (Å²) < 4.78 is 24.4. The summed E-state index contributed by atoms with van der Waals surface area (Å²) in [6.45, 7) is 0. The van der Waals surface area contributed by atoms with Crippen molar-refractivity contribution in [2.45, 2.75) is 37.8 Å². The summed E-state index contributed by atoms with van der Waals surface area (Å²) in [5.74, 6) is -1.61. The zero-order chi connectivity index (χ0) is 22.1. The van der Waals surface area contributed by atoms with Crippen LogP contribution in [0.1, 0.15) is 42.9 Å². The smallest absolute Gasteiger partial charge is 0.295 e. The Hall–Kier alpha value is -3.35. The van der Waals surface area contributed by atoms with Crippen molar-refractivity contribution >= 4 is 17.4 Å². The second kappa shape index (κ2) is 8.41. The van der Waals surface area contributed by atoms with Gasteiger partial charge in [0.2, 0.25) is 0 Å². The Labute approximate surface area is 179 Å². The maximum atomic E-state index is 13.6. The molecule has 31 heavy (non-hydrogen) atoms. The molecule has 0 spiro atoms. The number of hydrogen-bond acceptors (Lipinski definition) is 5. The molecule has 2 aromatic rings. The highest BCUT2D eigenvalue weighted by Crippen LogP contribution is 2.45. The van der Waals surface area contributed by atoms with Crippen LogP contribution in [0.4, 0.5) is 4.39 Å². The first-order chi connectivity index (χ1) is 15.0. The Morgan fingerprint density at radius 2 is 1.58 bits per heavy atom. The van der Waals surface area contributed by atoms with Gasteiger partial charge in [-0.3, -0.25) is 9.59 Å². The summed E-state index contributed by atoms with van der Waals surface area (Å²) in [7, 11) is 2.89. The Kier molecular flexibility index (Phi) is 5.67. The van der Waals surface area contributed by atoms with Gasteiger partial charge in [0.15, 0.2) is 0 Å². The number of carbonyl (C=O) groups excluding carboxylic acids is 2. The molecule has 1 saturated heterocycles. The summed E-state index contributed by atoms with van der Waals surface area (Å²) in [5.41, 5.74) is 0.707. The molecule has 1 aliphatic heterocycles. The lowest BCUT2D eigenvalue weighted by Crippen LogP contribution is -2.37. The Balaban J connectivity index is 1.95. The van der Waals surface area contributed by atoms with Gasteiger partial charge < -0.3 is 19.5 Å². The first-order valence-electron chi connectivity index (χ1n) is 10.2. The van der Waals surface area contributed by atoms with Crippen molar-refractivity contribution in [3.05, 3.63) is 65.0 Å². The van der Waals surface area contributed by atoms with E-state index in [2.05, 4.69) is 0 Å². The first kappa shape index (κ1) is 20.9. The van der Waals surface area contributed by atoms with Gasteiger partial charge in [-0.15, -0.1) is 0 Å². The van der Waals surface area contributed by atoms with Crippen molar-refractivity contribution in [3.63, 3.8) is 0 Å². The van der Waals surface area contributed by atoms with E-state index in [-0.39, 0.29) is 22.9 Å². The molecule has 1 amide bonds. The van der Waals surface area contributed by atoms with Crippen LogP contribution in [0.3, 0.4) is 0 Å². The van der Waals surface area contributed by atoms with Gasteiger partial charge in [-0.25, -0.2) is 4.39 Å². The summed E-state index contributed by atoms with van der Waals surface area (Å²) >= 11 is 0. The van der Waals surface area contributed by atoms with Crippen molar-refractivity contribution < 1.29 is 28.6 Å². The standard InChI is InChI=1S/C24H24FNO5/c1-30-17-8-5-9-18(31-2)19(17)22(27)20-21(14-10-12-15(25)13-11-14)26(24(29)23(20)28)16-6-3-4-7-16/h5,8-13,16,21,27H,3-4,6-7H2,1-2H3/b22-20+. The predicted octanol–water partition coefficient (Wildman–Crippen LogP) is 4.21. The van der Waals surface area contributed by atoms with Crippen LogP contribution in [0.15, 0.2) is 48.0 Å². The Morgan fingerprint density at radius 1 is 1.00 bits per heavy atom. The average Bonchev–Trinajstić information content (AvgIpc) is 3.40. The summed E-state index contributed by atoms with van der Waals surface area (Å²) in [6, 6.07) is 9.69. The van der Waals surface area contributed by atoms with E-state index in [1.165, 1.54) is 26.4 Å². The molecule has 6 nitrogen and oxygen atoms in total. The minimum Gasteiger partial charge on any atom is -0.506 e. The SMILES string of the molecule is COc1cccc(OC)c1/C(O)=C1\C(=O)C(=O)N(C2CCCC2)C1c1ccc(F)cc1. The zero-order valence-electron chi connectivity index (χ0n) is 17.4. The number of benzene rings is 2. The number of Topliss-reactive ketones (excluding diaryl/α,β-unsaturated/α-hetero) is 1. The number of ether oxygens (including phenoxy) is 2. The van der Waals surface area contributed by atoms with Crippen LogP contribution < -0.4 is 9.47 Å². The van der Waals surface area contributed by atoms with E-state index in [1.54, 1.807) is 35.2 Å². The molecule has 2 fully saturated rings. The number of carbonyl (C=O) groups is 2. The van der Waals surface area contributed by atoms with Crippen LogP contribution >= 0.6 is 0 Å². The quantitative estimate of drug-likeness (QED) is 0.441. The monoisotopic (exact) mass is 425 g/mol. The topological polar surface area (TPSA) is 76.1 Å². The van der Waals surface area contributed by atoms with E-state index < -0.39 is 23.5 Å². The summed E-state index contributed by atoms with van der Waals surface area (Å²) in [6.07, 6.45) is 3.49. The molecule has 2 aliphatic rings. The van der Waals surface area contributed by atoms with Crippen LogP contribution in [0.2, 0.25) is 0 Å². The van der Waals surface area contributed by atoms with Crippen molar-refractivity contribution in [2.24, 2.45) is 0 Å². The number of hydrogen-bond donors (Lipinski definition) is 1. The van der Waals surface area contributed by atoms with E-state index in [0.717, 1.165) is 25.7 Å². The molecule has 4 rings (SSSR count). The maximum absolute atomic E-state index is 13.6. The molecule has 1 atom stereocenters. The highest BCUT2D eigenvalue weighted by Gasteiger charge is 2.49. The molecule has 0 aromatic heterocycles. The molecule has 1 aliphatic carbocycles. The van der Waals surface area contributed by atoms with Gasteiger partial charge in [-0.05, 0) is 42.7 Å². The highest BCUT2D eigenvalue weighted by molar-refractivity contribution is 6.46. The number of ketones is 1. The van der Waals surface area contributed by atoms with Crippen LogP contribution in [0.5, 0.6) is 11.5 Å². The largest absolute Gasteiger partial charge is 0.506 e. The molecule has 1 saturated carbocycles. The number of halogens is 1. The van der Waals surface area contributed by atoms with E-state index in [1.807, 2.05) is 0 Å². The lowest BCUT2D eigenvalue weighted by atomic mass is 9.94. The molecule has 0 bridgehead atoms. The van der Waals surface area contributed by atoms with Crippen molar-refractivity contribution in [2.75, 3.05) is 14.2 Å². The molecule has 7 heteroatoms. The van der Waals surface area contributed by atoms with E-state index in [9.17, 15) is 19.1 Å². The van der Waals surface area contributed by atoms with Crippen molar-refractivity contribution in [1.29, 1.82) is 0 Å². The fourth-order valence-corrected chi connectivity index (χ4v) is 4.60. The van der Waals surface area contributed by atoms with Crippen molar-refractivity contribution in [3.8, 4) is 11.5 Å². The third-order valence-corrected chi connectivity index (χ3v) is 6.05. The molecule has 2 aromatic carbocycles. The van der Waals surface area contributed by atoms with Crippen LogP contribution in [-0.4, -0.2) is 42.0 Å². The number of rotatable bonds is 5. The summed E-state index contributed by atoms with van der Waals surface area (Å²) in [4.78, 5) is 27.8. The average molecular weight is 425 g/mol. The van der Waals surface area contributed by atoms with Gasteiger partial charge in [0.25, 0.3) is 11.7 Å². The van der Waals surface area contributed by atoms with Gasteiger partial charge in [0, 0.05) is 6.04 Å². The van der Waals surface area contributed by atoms with Gasteiger partial charge in [-0.2, -0.15) is 0 Å². The van der Waals surface area contributed by atoms with Crippen molar-refractivity contribution in [1.82, 2.24) is 4.90 Å². The molecule has 1 N–H and O–H groups in total. The molecule has 162 valence electrons. The fourth-order valence-electron chi connectivity index (χ4n) is 4.60. The second-order valence-corrected chi connectivity index (χ2v) is 7.73. The zero-order valence-corrected chi connectivity index (χ0v) is 17.4. The summed E-state index contributed by atoms with van der Waals surface area (Å²) in [5, 5.41) is 11.3. The van der Waals surface area contributed by atoms with E-state index >= 15 is 0 Å². The van der Waals surface area contributed by atoms with E-state index in [4.69, 9.17) is 9.47 Å². The molecule has 0 radical (unpaired) electrons. The fraction of sp³-hybridized carbons (Fsp3) is 0.333. The first-order valence-corrected chi connectivity index (χ1v) is 10.2. The van der Waals surface area contributed by atoms with Crippen LogP contribution in [0.25, 0.3) is 5.76 Å². The second-order valence-electron chi connectivity index (χ2n) is 7.73. The molecule has 1 heterocycles. The maximum Gasteiger partial charge on any atom is 0.295 e. The minimum atomic E-state index is -0.821. The molecular weight excluding hydrogens is 401 g/mol. The van der Waals surface area contributed by atoms with Gasteiger partial charge in [0.1, 0.15) is 28.6 Å². The number of aliphatic hydroxyl groups is 1. The molecule has 1 unspecified atom stereocenters. The Bertz CT molecular complexity index is 1020. The highest BCUT2D eigenvalue weighted by atomic mass is 19.1. The third-order valence-electron chi connectivity index (χ3n) is 6.05. The lowest BCUT2D eigenvalue weighted by molar-refractivity contribution is -0.141. The third kappa shape index (κ3) is 3.54. The number of amides is 1. The lowest BCUT2D eigenvalue weighted by Gasteiger charge is -2.30. The van der Waals surface area contributed by atoms with Crippen LogP contribution in [-0.2, 0) is 9.59 Å².